The van der Waals surface area contributed by atoms with E-state index in [4.69, 9.17) is 9.05 Å². The third kappa shape index (κ3) is 3.34. The van der Waals surface area contributed by atoms with Gasteiger partial charge >= 0.3 is 0 Å². The fourth-order valence-corrected chi connectivity index (χ4v) is 3.54. The van der Waals surface area contributed by atoms with Crippen molar-refractivity contribution in [2.45, 2.75) is 25.2 Å². The minimum absolute atomic E-state index is 0.0576. The van der Waals surface area contributed by atoms with E-state index in [1.54, 1.807) is 32.2 Å². The van der Waals surface area contributed by atoms with Crippen LogP contribution in [-0.4, -0.2) is 35.2 Å². The second kappa shape index (κ2) is 6.49. The van der Waals surface area contributed by atoms with E-state index in [0.717, 1.165) is 0 Å². The number of pyridine rings is 1. The molecule has 0 saturated carbocycles. The summed E-state index contributed by atoms with van der Waals surface area (Å²) in [6.45, 7) is 3.23. The molecule has 3 aromatic heterocycles. The number of aryl methyl sites for hydroxylation is 2. The largest absolute Gasteiger partial charge is 0.360 e. The van der Waals surface area contributed by atoms with Crippen molar-refractivity contribution in [2.24, 2.45) is 0 Å². The number of rotatable bonds is 6. The lowest BCUT2D eigenvalue weighted by atomic mass is 10.3. The first-order valence-electron chi connectivity index (χ1n) is 7.14. The van der Waals surface area contributed by atoms with Crippen LogP contribution >= 0.6 is 0 Å². The average molecular weight is 349 g/mol. The van der Waals surface area contributed by atoms with E-state index in [9.17, 15) is 8.42 Å². The lowest BCUT2D eigenvalue weighted by Gasteiger charge is -2.04. The highest BCUT2D eigenvalue weighted by Crippen LogP contribution is 2.18. The quantitative estimate of drug-likeness (QED) is 0.705. The maximum Gasteiger partial charge on any atom is 0.245 e. The van der Waals surface area contributed by atoms with E-state index in [2.05, 4.69) is 25.0 Å². The summed E-state index contributed by atoms with van der Waals surface area (Å²) in [6.07, 6.45) is 1.88. The van der Waals surface area contributed by atoms with Gasteiger partial charge in [0.25, 0.3) is 0 Å². The van der Waals surface area contributed by atoms with Gasteiger partial charge in [0.2, 0.25) is 21.7 Å². The highest BCUT2D eigenvalue weighted by atomic mass is 32.2. The van der Waals surface area contributed by atoms with Crippen molar-refractivity contribution < 1.29 is 17.5 Å². The Bertz CT molecular complexity index is 914. The molecular formula is C14H15N5O4S. The normalized spacial score (nSPS) is 11.8. The predicted molar refractivity (Wildman–Crippen MR) is 82.4 cm³/mol. The molecular weight excluding hydrogens is 334 g/mol. The Morgan fingerprint density at radius 1 is 1.17 bits per heavy atom. The number of nitrogens with one attached hydrogen (secondary N) is 1. The first kappa shape index (κ1) is 16.3. The molecule has 1 N–H and O–H groups in total. The Morgan fingerprint density at radius 3 is 2.67 bits per heavy atom. The zero-order chi connectivity index (χ0) is 17.2. The second-order valence-corrected chi connectivity index (χ2v) is 6.73. The van der Waals surface area contributed by atoms with Crippen molar-refractivity contribution in [2.75, 3.05) is 6.54 Å². The molecule has 0 aliphatic heterocycles. The third-order valence-electron chi connectivity index (χ3n) is 3.23. The van der Waals surface area contributed by atoms with Crippen molar-refractivity contribution in [1.29, 1.82) is 0 Å². The van der Waals surface area contributed by atoms with Crippen LogP contribution in [0, 0.1) is 13.8 Å². The first-order chi connectivity index (χ1) is 11.5. The Hall–Kier alpha value is -2.59. The Labute approximate surface area is 138 Å². The van der Waals surface area contributed by atoms with Gasteiger partial charge in [0, 0.05) is 19.2 Å². The minimum atomic E-state index is -3.70. The summed E-state index contributed by atoms with van der Waals surface area (Å²) in [4.78, 5) is 8.37. The second-order valence-electron chi connectivity index (χ2n) is 5.03. The van der Waals surface area contributed by atoms with E-state index in [0.29, 0.717) is 23.1 Å². The summed E-state index contributed by atoms with van der Waals surface area (Å²) in [5.41, 5.74) is 0.902. The van der Waals surface area contributed by atoms with Gasteiger partial charge < -0.3 is 9.05 Å². The zero-order valence-corrected chi connectivity index (χ0v) is 13.9. The fraction of sp³-hybridized carbons (Fsp3) is 0.286. The maximum absolute atomic E-state index is 12.3. The van der Waals surface area contributed by atoms with Gasteiger partial charge in [0.15, 0.2) is 5.76 Å². The molecule has 0 saturated heterocycles. The molecule has 3 heterocycles. The lowest BCUT2D eigenvalue weighted by molar-refractivity contribution is 0.378. The lowest BCUT2D eigenvalue weighted by Crippen LogP contribution is -2.26. The number of hydrogen-bond donors (Lipinski definition) is 1. The number of aromatic nitrogens is 4. The molecule has 126 valence electrons. The molecule has 0 aliphatic rings. The van der Waals surface area contributed by atoms with Crippen LogP contribution in [0.15, 0.2) is 38.3 Å². The van der Waals surface area contributed by atoms with Crippen molar-refractivity contribution in [3.05, 3.63) is 41.7 Å². The summed E-state index contributed by atoms with van der Waals surface area (Å²) < 4.78 is 37.0. The van der Waals surface area contributed by atoms with Crippen molar-refractivity contribution in [3.8, 4) is 11.5 Å². The molecule has 0 radical (unpaired) electrons. The highest BCUT2D eigenvalue weighted by molar-refractivity contribution is 7.89. The molecule has 0 aromatic carbocycles. The molecule has 10 heteroatoms. The van der Waals surface area contributed by atoms with E-state index in [1.165, 1.54) is 0 Å². The van der Waals surface area contributed by atoms with Crippen LogP contribution in [0.4, 0.5) is 0 Å². The predicted octanol–water partition coefficient (Wildman–Crippen LogP) is 1.26. The summed E-state index contributed by atoms with van der Waals surface area (Å²) in [5.74, 6) is 0.923. The van der Waals surface area contributed by atoms with Gasteiger partial charge in [0.1, 0.15) is 16.3 Å². The molecule has 0 fully saturated rings. The summed E-state index contributed by atoms with van der Waals surface area (Å²) >= 11 is 0. The van der Waals surface area contributed by atoms with Gasteiger partial charge in [-0.3, -0.25) is 4.98 Å². The maximum atomic E-state index is 12.3. The summed E-state index contributed by atoms with van der Waals surface area (Å²) in [6, 6.07) is 5.36. The van der Waals surface area contributed by atoms with E-state index in [-0.39, 0.29) is 23.6 Å². The topological polar surface area (TPSA) is 124 Å². The van der Waals surface area contributed by atoms with Crippen molar-refractivity contribution >= 4 is 10.0 Å². The first-order valence-corrected chi connectivity index (χ1v) is 8.62. The van der Waals surface area contributed by atoms with Gasteiger partial charge in [-0.05, 0) is 26.0 Å². The molecule has 24 heavy (non-hydrogen) atoms. The summed E-state index contributed by atoms with van der Waals surface area (Å²) in [5, 5.41) is 7.47. The highest BCUT2D eigenvalue weighted by Gasteiger charge is 2.23. The Kier molecular flexibility index (Phi) is 4.40. The number of nitrogens with zero attached hydrogens (tertiary/aromatic N) is 4. The van der Waals surface area contributed by atoms with Gasteiger partial charge in [-0.15, -0.1) is 0 Å². The van der Waals surface area contributed by atoms with Crippen LogP contribution in [-0.2, 0) is 16.4 Å². The van der Waals surface area contributed by atoms with Gasteiger partial charge in [-0.1, -0.05) is 16.4 Å². The van der Waals surface area contributed by atoms with Crippen LogP contribution in [0.2, 0.25) is 0 Å². The van der Waals surface area contributed by atoms with Crippen LogP contribution in [0.3, 0.4) is 0 Å². The van der Waals surface area contributed by atoms with Crippen molar-refractivity contribution in [1.82, 2.24) is 25.0 Å². The van der Waals surface area contributed by atoms with Gasteiger partial charge in [-0.25, -0.2) is 13.1 Å². The van der Waals surface area contributed by atoms with Crippen molar-refractivity contribution in [3.63, 3.8) is 0 Å². The molecule has 0 atom stereocenters. The number of sulfonamides is 1. The summed E-state index contributed by atoms with van der Waals surface area (Å²) in [7, 11) is -3.70. The molecule has 9 nitrogen and oxygen atoms in total. The Morgan fingerprint density at radius 2 is 2.00 bits per heavy atom. The zero-order valence-electron chi connectivity index (χ0n) is 13.1. The standard InChI is InChI=1S/C14H15N5O4S/c1-9-13(10(2)22-18-9)24(20,21)16-8-6-12-17-14(19-23-12)11-5-3-4-7-15-11/h3-5,7,16H,6,8H2,1-2H3. The smallest absolute Gasteiger partial charge is 0.245 e. The average Bonchev–Trinajstić information content (AvgIpc) is 3.15. The van der Waals surface area contributed by atoms with Crippen LogP contribution < -0.4 is 4.72 Å². The molecule has 0 unspecified atom stereocenters. The monoisotopic (exact) mass is 349 g/mol. The number of hydrogen-bond acceptors (Lipinski definition) is 8. The molecule has 0 bridgehead atoms. The van der Waals surface area contributed by atoms with Crippen LogP contribution in [0.25, 0.3) is 11.5 Å². The van der Waals surface area contributed by atoms with E-state index < -0.39 is 10.0 Å². The minimum Gasteiger partial charge on any atom is -0.360 e. The molecule has 3 aromatic rings. The fourth-order valence-electron chi connectivity index (χ4n) is 2.18. The SMILES string of the molecule is Cc1noc(C)c1S(=O)(=O)NCCc1nc(-c2ccccn2)no1. The van der Waals surface area contributed by atoms with Crippen LogP contribution in [0.1, 0.15) is 17.3 Å². The third-order valence-corrected chi connectivity index (χ3v) is 4.93. The van der Waals surface area contributed by atoms with Crippen LogP contribution in [0.5, 0.6) is 0 Å². The molecule has 0 amide bonds. The Balaban J connectivity index is 1.64. The van der Waals surface area contributed by atoms with Gasteiger partial charge in [0.05, 0.1) is 0 Å². The van der Waals surface area contributed by atoms with E-state index >= 15 is 0 Å². The van der Waals surface area contributed by atoms with Gasteiger partial charge in [-0.2, -0.15) is 4.98 Å². The van der Waals surface area contributed by atoms with E-state index in [1.807, 2.05) is 6.07 Å². The molecule has 0 spiro atoms. The molecule has 0 aliphatic carbocycles. The molecule has 3 rings (SSSR count).